The largest absolute Gasteiger partial charge is 0.339 e. The molecule has 8 heteroatoms. The molecule has 1 N–H and O–H groups in total. The minimum Gasteiger partial charge on any atom is -0.339 e. The number of benzene rings is 1. The van der Waals surface area contributed by atoms with Gasteiger partial charge in [-0.1, -0.05) is 44.1 Å². The highest BCUT2D eigenvalue weighted by Gasteiger charge is 2.39. The fourth-order valence-corrected chi connectivity index (χ4v) is 4.39. The molecule has 34 heavy (non-hydrogen) atoms. The Balaban J connectivity index is 1.28. The molecule has 178 valence electrons. The first-order chi connectivity index (χ1) is 16.3. The highest BCUT2D eigenvalue weighted by molar-refractivity contribution is 5.94. The topological polar surface area (TPSA) is 84.2 Å². The Hall–Kier alpha value is -3.29. The molecule has 0 spiro atoms. The van der Waals surface area contributed by atoms with Gasteiger partial charge in [-0.2, -0.15) is 4.98 Å². The third-order valence-electron chi connectivity index (χ3n) is 7.00. The second-order valence-corrected chi connectivity index (χ2v) is 10.00. The number of nitrogens with one attached hydrogen (secondary N) is 1. The molecule has 2 fully saturated rings. The molecule has 1 aromatic carbocycles. The summed E-state index contributed by atoms with van der Waals surface area (Å²) in [4.78, 5) is 23.9. The van der Waals surface area contributed by atoms with Crippen LogP contribution in [0.3, 0.4) is 0 Å². The molecule has 2 aliphatic rings. The van der Waals surface area contributed by atoms with E-state index in [1.807, 2.05) is 12.1 Å². The van der Waals surface area contributed by atoms with Crippen LogP contribution in [-0.2, 0) is 5.41 Å². The van der Waals surface area contributed by atoms with Gasteiger partial charge < -0.3 is 14.7 Å². The van der Waals surface area contributed by atoms with Gasteiger partial charge in [-0.3, -0.25) is 4.98 Å². The number of carbonyl (C=O) groups excluding carboxylic acids is 1. The van der Waals surface area contributed by atoms with Crippen molar-refractivity contribution in [3.05, 3.63) is 59.8 Å². The molecule has 5 rings (SSSR count). The number of amides is 2. The van der Waals surface area contributed by atoms with E-state index in [0.717, 1.165) is 48.7 Å². The summed E-state index contributed by atoms with van der Waals surface area (Å²) in [6.07, 6.45) is 5.39. The predicted octanol–water partition coefficient (Wildman–Crippen LogP) is 5.86. The van der Waals surface area contributed by atoms with Gasteiger partial charge in [0.15, 0.2) is 5.82 Å². The van der Waals surface area contributed by atoms with E-state index in [2.05, 4.69) is 41.2 Å². The Morgan fingerprint density at radius 1 is 1.21 bits per heavy atom. The lowest BCUT2D eigenvalue weighted by Gasteiger charge is -2.37. The van der Waals surface area contributed by atoms with Crippen molar-refractivity contribution in [2.24, 2.45) is 0 Å². The molecular weight excluding hydrogens is 433 g/mol. The highest BCUT2D eigenvalue weighted by atomic mass is 19.1. The number of halogens is 1. The molecule has 1 aliphatic carbocycles. The van der Waals surface area contributed by atoms with Crippen LogP contribution in [-0.4, -0.2) is 39.1 Å². The zero-order valence-corrected chi connectivity index (χ0v) is 19.8. The molecule has 0 atom stereocenters. The van der Waals surface area contributed by atoms with Crippen LogP contribution in [0.1, 0.15) is 75.7 Å². The number of hydrogen-bond donors (Lipinski definition) is 1. The van der Waals surface area contributed by atoms with Crippen molar-refractivity contribution in [1.29, 1.82) is 0 Å². The molecule has 1 saturated heterocycles. The van der Waals surface area contributed by atoms with E-state index in [0.29, 0.717) is 30.5 Å². The summed E-state index contributed by atoms with van der Waals surface area (Å²) in [7, 11) is 0. The van der Waals surface area contributed by atoms with Gasteiger partial charge in [0.2, 0.25) is 5.89 Å². The number of urea groups is 1. The monoisotopic (exact) mass is 463 g/mol. The molecule has 2 aromatic heterocycles. The number of piperidine rings is 1. The standard InChI is InChI=1S/C26H30FN5O2/c1-16(2)21-10-9-18(15-28-21)19-5-4-6-20(27)22(19)29-25(33)32-13-11-26(3,12-14-32)24-30-23(34-31-24)17-7-8-17/h4-6,9-10,15-17H,7-8,11-14H2,1-3H3,(H,29,33). The van der Waals surface area contributed by atoms with E-state index in [1.54, 1.807) is 23.2 Å². The average molecular weight is 464 g/mol. The van der Waals surface area contributed by atoms with Crippen LogP contribution in [0, 0.1) is 5.82 Å². The first-order valence-corrected chi connectivity index (χ1v) is 12.0. The summed E-state index contributed by atoms with van der Waals surface area (Å²) in [5.74, 6) is 1.71. The summed E-state index contributed by atoms with van der Waals surface area (Å²) < 4.78 is 20.3. The van der Waals surface area contributed by atoms with Gasteiger partial charge in [0.25, 0.3) is 0 Å². The third-order valence-corrected chi connectivity index (χ3v) is 7.00. The fourth-order valence-electron chi connectivity index (χ4n) is 4.39. The maximum absolute atomic E-state index is 14.8. The maximum Gasteiger partial charge on any atom is 0.321 e. The van der Waals surface area contributed by atoms with Gasteiger partial charge in [-0.25, -0.2) is 9.18 Å². The number of nitrogens with zero attached hydrogens (tertiary/aromatic N) is 4. The fraction of sp³-hybridized carbons (Fsp3) is 0.462. The number of para-hydroxylation sites is 1. The summed E-state index contributed by atoms with van der Waals surface area (Å²) in [5.41, 5.74) is 2.27. The second kappa shape index (κ2) is 8.81. The van der Waals surface area contributed by atoms with Crippen molar-refractivity contribution in [2.45, 2.75) is 63.7 Å². The highest BCUT2D eigenvalue weighted by Crippen LogP contribution is 2.41. The van der Waals surface area contributed by atoms with Gasteiger partial charge in [-0.05, 0) is 43.7 Å². The van der Waals surface area contributed by atoms with Crippen molar-refractivity contribution < 1.29 is 13.7 Å². The van der Waals surface area contributed by atoms with E-state index in [1.165, 1.54) is 6.07 Å². The van der Waals surface area contributed by atoms with Crippen LogP contribution in [0.2, 0.25) is 0 Å². The van der Waals surface area contributed by atoms with Crippen LogP contribution in [0.25, 0.3) is 11.1 Å². The Bertz CT molecular complexity index is 1180. The smallest absolute Gasteiger partial charge is 0.321 e. The van der Waals surface area contributed by atoms with E-state index in [-0.39, 0.29) is 17.1 Å². The molecule has 0 bridgehead atoms. The Kier molecular flexibility index (Phi) is 5.83. The van der Waals surface area contributed by atoms with Crippen molar-refractivity contribution >= 4 is 11.7 Å². The van der Waals surface area contributed by atoms with Gasteiger partial charge in [0.1, 0.15) is 5.82 Å². The molecule has 3 aromatic rings. The first kappa shape index (κ1) is 22.5. The van der Waals surface area contributed by atoms with Crippen molar-refractivity contribution in [1.82, 2.24) is 20.0 Å². The molecule has 0 radical (unpaired) electrons. The zero-order valence-electron chi connectivity index (χ0n) is 19.8. The lowest BCUT2D eigenvalue weighted by molar-refractivity contribution is 0.169. The molecule has 1 saturated carbocycles. The number of pyridine rings is 1. The van der Waals surface area contributed by atoms with Crippen LogP contribution in [0.4, 0.5) is 14.9 Å². The van der Waals surface area contributed by atoms with E-state index >= 15 is 0 Å². The molecule has 3 heterocycles. The van der Waals surface area contributed by atoms with Crippen LogP contribution in [0.15, 0.2) is 41.1 Å². The molecular formula is C26H30FN5O2. The number of rotatable bonds is 5. The average Bonchev–Trinajstić information content (AvgIpc) is 3.56. The van der Waals surface area contributed by atoms with Gasteiger partial charge in [0.05, 0.1) is 5.69 Å². The van der Waals surface area contributed by atoms with E-state index in [4.69, 9.17) is 4.52 Å². The summed E-state index contributed by atoms with van der Waals surface area (Å²) in [6, 6.07) is 8.34. The number of carbonyl (C=O) groups is 1. The van der Waals surface area contributed by atoms with Crippen molar-refractivity contribution in [2.75, 3.05) is 18.4 Å². The molecule has 7 nitrogen and oxygen atoms in total. The quantitative estimate of drug-likeness (QED) is 0.513. The Morgan fingerprint density at radius 2 is 1.97 bits per heavy atom. The molecule has 1 aliphatic heterocycles. The number of aromatic nitrogens is 3. The van der Waals surface area contributed by atoms with Gasteiger partial charge in [0, 0.05) is 47.4 Å². The SMILES string of the molecule is CC(C)c1ccc(-c2cccc(F)c2NC(=O)N2CCC(C)(c3noc(C4CC4)n3)CC2)cn1. The summed E-state index contributed by atoms with van der Waals surface area (Å²) >= 11 is 0. The Labute approximate surface area is 198 Å². The van der Waals surface area contributed by atoms with Crippen LogP contribution >= 0.6 is 0 Å². The van der Waals surface area contributed by atoms with Crippen LogP contribution in [0.5, 0.6) is 0 Å². The maximum atomic E-state index is 14.8. The van der Waals surface area contributed by atoms with Crippen molar-refractivity contribution in [3.63, 3.8) is 0 Å². The zero-order chi connectivity index (χ0) is 23.9. The molecule has 2 amide bonds. The minimum atomic E-state index is -0.472. The van der Waals surface area contributed by atoms with Crippen LogP contribution < -0.4 is 5.32 Å². The lowest BCUT2D eigenvalue weighted by Crippen LogP contribution is -2.46. The van der Waals surface area contributed by atoms with E-state index < -0.39 is 5.82 Å². The number of likely N-dealkylation sites (tertiary alicyclic amines) is 1. The van der Waals surface area contributed by atoms with Gasteiger partial charge in [-0.15, -0.1) is 0 Å². The van der Waals surface area contributed by atoms with Gasteiger partial charge >= 0.3 is 6.03 Å². The third kappa shape index (κ3) is 4.41. The second-order valence-electron chi connectivity index (χ2n) is 10.00. The predicted molar refractivity (Wildman–Crippen MR) is 127 cm³/mol. The van der Waals surface area contributed by atoms with E-state index in [9.17, 15) is 9.18 Å². The summed E-state index contributed by atoms with van der Waals surface area (Å²) in [5, 5.41) is 7.04. The normalized spacial score (nSPS) is 17.7. The summed E-state index contributed by atoms with van der Waals surface area (Å²) in [6.45, 7) is 7.33. The van der Waals surface area contributed by atoms with Crippen molar-refractivity contribution in [3.8, 4) is 11.1 Å². The minimum absolute atomic E-state index is 0.173. The number of anilines is 1. The number of hydrogen-bond acceptors (Lipinski definition) is 5. The molecule has 0 unspecified atom stereocenters. The first-order valence-electron chi connectivity index (χ1n) is 12.0. The lowest BCUT2D eigenvalue weighted by atomic mass is 9.80. The Morgan fingerprint density at radius 3 is 2.62 bits per heavy atom.